The summed E-state index contributed by atoms with van der Waals surface area (Å²) in [7, 11) is 1.84. The first-order valence-corrected chi connectivity index (χ1v) is 6.68. The Morgan fingerprint density at radius 2 is 2.06 bits per heavy atom. The smallest absolute Gasteiger partial charge is 0.236 e. The molecule has 0 aromatic heterocycles. The highest BCUT2D eigenvalue weighted by atomic mass is 16.5. The third-order valence-electron chi connectivity index (χ3n) is 3.20. The number of ether oxygens (including phenoxy) is 1. The van der Waals surface area contributed by atoms with E-state index in [4.69, 9.17) is 4.74 Å². The van der Waals surface area contributed by atoms with Crippen molar-refractivity contribution < 1.29 is 9.53 Å². The van der Waals surface area contributed by atoms with Gasteiger partial charge in [-0.25, -0.2) is 0 Å². The Hall–Kier alpha value is -0.610. The van der Waals surface area contributed by atoms with Gasteiger partial charge in [-0.2, -0.15) is 0 Å². The van der Waals surface area contributed by atoms with E-state index in [-0.39, 0.29) is 12.0 Å². The van der Waals surface area contributed by atoms with Gasteiger partial charge in [0.15, 0.2) is 0 Å². The maximum absolute atomic E-state index is 11.8. The first-order valence-electron chi connectivity index (χ1n) is 6.68. The third kappa shape index (κ3) is 6.03. The molecule has 1 aliphatic carbocycles. The molecule has 4 heteroatoms. The molecule has 0 aromatic carbocycles. The van der Waals surface area contributed by atoms with E-state index in [1.807, 2.05) is 20.9 Å². The van der Waals surface area contributed by atoms with Gasteiger partial charge in [0.05, 0.1) is 19.3 Å². The fraction of sp³-hybridized carbons (Fsp3) is 0.923. The fourth-order valence-electron chi connectivity index (χ4n) is 2.05. The fourth-order valence-corrected chi connectivity index (χ4v) is 2.05. The average molecular weight is 242 g/mol. The summed E-state index contributed by atoms with van der Waals surface area (Å²) in [5.74, 6) is 0.157. The molecule has 100 valence electrons. The van der Waals surface area contributed by atoms with Crippen LogP contribution in [0.15, 0.2) is 0 Å². The zero-order chi connectivity index (χ0) is 12.7. The van der Waals surface area contributed by atoms with Gasteiger partial charge in [0, 0.05) is 19.6 Å². The Morgan fingerprint density at radius 3 is 2.65 bits per heavy atom. The number of nitrogens with zero attached hydrogens (tertiary/aromatic N) is 1. The number of likely N-dealkylation sites (N-methyl/N-ethyl adjacent to an activating group) is 1. The van der Waals surface area contributed by atoms with E-state index < -0.39 is 0 Å². The molecule has 1 N–H and O–H groups in total. The monoisotopic (exact) mass is 242 g/mol. The highest BCUT2D eigenvalue weighted by Crippen LogP contribution is 2.17. The molecular formula is C13H26N2O2. The van der Waals surface area contributed by atoms with Gasteiger partial charge in [0.2, 0.25) is 5.91 Å². The van der Waals surface area contributed by atoms with Crippen LogP contribution in [0.5, 0.6) is 0 Å². The van der Waals surface area contributed by atoms with Gasteiger partial charge < -0.3 is 15.0 Å². The highest BCUT2D eigenvalue weighted by Gasteiger charge is 2.16. The molecule has 4 nitrogen and oxygen atoms in total. The minimum Gasteiger partial charge on any atom is -0.377 e. The van der Waals surface area contributed by atoms with Gasteiger partial charge in [0.25, 0.3) is 0 Å². The Balaban J connectivity index is 2.08. The summed E-state index contributed by atoms with van der Waals surface area (Å²) in [4.78, 5) is 13.5. The third-order valence-corrected chi connectivity index (χ3v) is 3.20. The first kappa shape index (κ1) is 14.5. The van der Waals surface area contributed by atoms with Crippen LogP contribution in [0.3, 0.4) is 0 Å². The van der Waals surface area contributed by atoms with Crippen LogP contribution in [0.4, 0.5) is 0 Å². The highest BCUT2D eigenvalue weighted by molar-refractivity contribution is 5.77. The summed E-state index contributed by atoms with van der Waals surface area (Å²) in [6.45, 7) is 5.75. The van der Waals surface area contributed by atoms with E-state index >= 15 is 0 Å². The van der Waals surface area contributed by atoms with E-state index in [2.05, 4.69) is 5.32 Å². The van der Waals surface area contributed by atoms with Crippen molar-refractivity contribution in [2.45, 2.75) is 51.7 Å². The van der Waals surface area contributed by atoms with Crippen LogP contribution in [0, 0.1) is 0 Å². The number of rotatable bonds is 7. The van der Waals surface area contributed by atoms with Gasteiger partial charge in [-0.1, -0.05) is 12.8 Å². The summed E-state index contributed by atoms with van der Waals surface area (Å²) in [5.41, 5.74) is 0. The van der Waals surface area contributed by atoms with Crippen molar-refractivity contribution in [3.8, 4) is 0 Å². The summed E-state index contributed by atoms with van der Waals surface area (Å²) in [6.07, 6.45) is 5.25. The molecule has 0 unspecified atom stereocenters. The van der Waals surface area contributed by atoms with E-state index in [9.17, 15) is 4.79 Å². The van der Waals surface area contributed by atoms with E-state index in [0.29, 0.717) is 25.7 Å². The van der Waals surface area contributed by atoms with Crippen LogP contribution in [0.25, 0.3) is 0 Å². The number of nitrogens with one attached hydrogen (secondary N) is 1. The van der Waals surface area contributed by atoms with Crippen LogP contribution in [0.2, 0.25) is 0 Å². The van der Waals surface area contributed by atoms with E-state index in [1.165, 1.54) is 25.7 Å². The standard InChI is InChI=1S/C13H26N2O2/c1-11(2)17-9-8-15(3)13(16)10-14-12-6-4-5-7-12/h11-12,14H,4-10H2,1-3H3. The topological polar surface area (TPSA) is 41.6 Å². The lowest BCUT2D eigenvalue weighted by atomic mass is 10.2. The van der Waals surface area contributed by atoms with E-state index in [1.54, 1.807) is 4.90 Å². The quantitative estimate of drug-likeness (QED) is 0.734. The Kier molecular flexibility index (Phi) is 6.52. The molecule has 0 radical (unpaired) electrons. The molecule has 1 aliphatic rings. The summed E-state index contributed by atoms with van der Waals surface area (Å²) in [5, 5.41) is 3.33. The van der Waals surface area contributed by atoms with Crippen LogP contribution in [-0.4, -0.2) is 49.7 Å². The molecule has 0 saturated heterocycles. The zero-order valence-corrected chi connectivity index (χ0v) is 11.4. The lowest BCUT2D eigenvalue weighted by molar-refractivity contribution is -0.130. The van der Waals surface area contributed by atoms with Crippen molar-refractivity contribution in [2.24, 2.45) is 0 Å². The van der Waals surface area contributed by atoms with Gasteiger partial charge in [-0.15, -0.1) is 0 Å². The Labute approximate surface area is 105 Å². The lowest BCUT2D eigenvalue weighted by Gasteiger charge is -2.19. The van der Waals surface area contributed by atoms with Crippen molar-refractivity contribution in [3.63, 3.8) is 0 Å². The summed E-state index contributed by atoms with van der Waals surface area (Å²) >= 11 is 0. The molecule has 0 heterocycles. The first-order chi connectivity index (χ1) is 8.09. The second-order valence-electron chi connectivity index (χ2n) is 5.10. The molecule has 0 bridgehead atoms. The van der Waals surface area contributed by atoms with Crippen LogP contribution in [0.1, 0.15) is 39.5 Å². The predicted molar refractivity (Wildman–Crippen MR) is 69.0 cm³/mol. The molecule has 0 atom stereocenters. The van der Waals surface area contributed by atoms with E-state index in [0.717, 1.165) is 0 Å². The van der Waals surface area contributed by atoms with Gasteiger partial charge in [0.1, 0.15) is 0 Å². The maximum atomic E-state index is 11.8. The Bertz CT molecular complexity index is 225. The molecule has 1 amide bonds. The van der Waals surface area contributed by atoms with Crippen LogP contribution >= 0.6 is 0 Å². The summed E-state index contributed by atoms with van der Waals surface area (Å²) in [6, 6.07) is 0.555. The van der Waals surface area contributed by atoms with Crippen molar-refractivity contribution in [3.05, 3.63) is 0 Å². The largest absolute Gasteiger partial charge is 0.377 e. The SMILES string of the molecule is CC(C)OCCN(C)C(=O)CNC1CCCC1. The number of amides is 1. The molecule has 0 aliphatic heterocycles. The van der Waals surface area contributed by atoms with Crippen molar-refractivity contribution in [2.75, 3.05) is 26.7 Å². The molecule has 0 aromatic rings. The molecule has 17 heavy (non-hydrogen) atoms. The van der Waals surface area contributed by atoms with Gasteiger partial charge in [-0.05, 0) is 26.7 Å². The van der Waals surface area contributed by atoms with Gasteiger partial charge >= 0.3 is 0 Å². The molecule has 1 saturated carbocycles. The average Bonchev–Trinajstić information content (AvgIpc) is 2.78. The van der Waals surface area contributed by atoms with Crippen molar-refractivity contribution >= 4 is 5.91 Å². The van der Waals surface area contributed by atoms with Crippen molar-refractivity contribution in [1.29, 1.82) is 0 Å². The maximum Gasteiger partial charge on any atom is 0.236 e. The number of carbonyl (C=O) groups is 1. The predicted octanol–water partition coefficient (Wildman–Crippen LogP) is 1.40. The second kappa shape index (κ2) is 7.67. The number of carbonyl (C=O) groups excluding carboxylic acids is 1. The Morgan fingerprint density at radius 1 is 1.41 bits per heavy atom. The minimum absolute atomic E-state index is 0.157. The zero-order valence-electron chi connectivity index (χ0n) is 11.4. The van der Waals surface area contributed by atoms with Crippen LogP contribution in [-0.2, 0) is 9.53 Å². The molecule has 1 fully saturated rings. The lowest BCUT2D eigenvalue weighted by Crippen LogP contribution is -2.40. The second-order valence-corrected chi connectivity index (χ2v) is 5.10. The molecule has 0 spiro atoms. The normalized spacial score (nSPS) is 16.7. The number of hydrogen-bond donors (Lipinski definition) is 1. The molecular weight excluding hydrogens is 216 g/mol. The molecule has 1 rings (SSSR count). The minimum atomic E-state index is 0.157. The van der Waals surface area contributed by atoms with Gasteiger partial charge in [-0.3, -0.25) is 4.79 Å². The number of hydrogen-bond acceptors (Lipinski definition) is 3. The summed E-state index contributed by atoms with van der Waals surface area (Å²) < 4.78 is 5.43. The van der Waals surface area contributed by atoms with Crippen molar-refractivity contribution in [1.82, 2.24) is 10.2 Å². The van der Waals surface area contributed by atoms with Crippen LogP contribution < -0.4 is 5.32 Å².